The molecule has 130 valence electrons. The van der Waals surface area contributed by atoms with E-state index in [2.05, 4.69) is 5.32 Å². The molecule has 0 spiro atoms. The number of amides is 1. The number of nitrogens with one attached hydrogen (secondary N) is 1. The van der Waals surface area contributed by atoms with Crippen LogP contribution in [-0.2, 0) is 20.4 Å². The maximum Gasteiger partial charge on any atom is 0.315 e. The monoisotopic (exact) mass is 337 g/mol. The second kappa shape index (κ2) is 6.71. The minimum atomic E-state index is -1.15. The summed E-state index contributed by atoms with van der Waals surface area (Å²) in [4.78, 5) is 24.8. The molecule has 0 aromatic heterocycles. The lowest BCUT2D eigenvalue weighted by molar-refractivity contribution is -0.143. The van der Waals surface area contributed by atoms with Crippen LogP contribution in [0.15, 0.2) is 60.7 Å². The second-order valence-electron chi connectivity index (χ2n) is 6.99. The van der Waals surface area contributed by atoms with E-state index in [9.17, 15) is 14.7 Å². The number of benzene rings is 2. The number of carboxylic acid groups (broad SMARTS) is 1. The van der Waals surface area contributed by atoms with Gasteiger partial charge >= 0.3 is 5.97 Å². The maximum absolute atomic E-state index is 12.9. The normalized spacial score (nSPS) is 17.8. The van der Waals surface area contributed by atoms with Crippen molar-refractivity contribution in [1.82, 2.24) is 5.32 Å². The number of carbonyl (C=O) groups is 2. The van der Waals surface area contributed by atoms with Crippen molar-refractivity contribution in [3.63, 3.8) is 0 Å². The van der Waals surface area contributed by atoms with Crippen molar-refractivity contribution in [3.05, 3.63) is 71.8 Å². The van der Waals surface area contributed by atoms with Gasteiger partial charge in [-0.25, -0.2) is 0 Å². The van der Waals surface area contributed by atoms with Gasteiger partial charge in [0.05, 0.1) is 5.41 Å². The Morgan fingerprint density at radius 2 is 1.60 bits per heavy atom. The summed E-state index contributed by atoms with van der Waals surface area (Å²) >= 11 is 0. The van der Waals surface area contributed by atoms with Gasteiger partial charge in [0.2, 0.25) is 5.91 Å². The van der Waals surface area contributed by atoms with Gasteiger partial charge < -0.3 is 10.4 Å². The Kier molecular flexibility index (Phi) is 4.62. The summed E-state index contributed by atoms with van der Waals surface area (Å²) in [5.74, 6) is -1.02. The molecule has 1 saturated carbocycles. The highest BCUT2D eigenvalue weighted by Crippen LogP contribution is 2.44. The van der Waals surface area contributed by atoms with E-state index in [1.54, 1.807) is 19.1 Å². The first kappa shape index (κ1) is 17.2. The number of carbonyl (C=O) groups excluding carboxylic acids is 1. The van der Waals surface area contributed by atoms with Crippen LogP contribution in [-0.4, -0.2) is 23.5 Å². The van der Waals surface area contributed by atoms with Gasteiger partial charge in [0.25, 0.3) is 0 Å². The summed E-state index contributed by atoms with van der Waals surface area (Å²) < 4.78 is 0. The number of hydrogen-bond acceptors (Lipinski definition) is 2. The van der Waals surface area contributed by atoms with Crippen molar-refractivity contribution in [2.75, 3.05) is 6.54 Å². The van der Waals surface area contributed by atoms with E-state index in [0.29, 0.717) is 5.56 Å². The van der Waals surface area contributed by atoms with Crippen molar-refractivity contribution < 1.29 is 14.7 Å². The van der Waals surface area contributed by atoms with Crippen molar-refractivity contribution in [1.29, 1.82) is 0 Å². The van der Waals surface area contributed by atoms with E-state index in [4.69, 9.17) is 0 Å². The molecule has 0 aliphatic heterocycles. The van der Waals surface area contributed by atoms with Crippen LogP contribution in [0.25, 0.3) is 0 Å². The van der Waals surface area contributed by atoms with Crippen LogP contribution in [0.3, 0.4) is 0 Å². The first-order chi connectivity index (χ1) is 12.0. The zero-order valence-corrected chi connectivity index (χ0v) is 14.4. The predicted octanol–water partition coefficient (Wildman–Crippen LogP) is 3.27. The highest BCUT2D eigenvalue weighted by Gasteiger charge is 2.46. The Bertz CT molecular complexity index is 753. The Labute approximate surface area is 147 Å². The Morgan fingerprint density at radius 1 is 1.04 bits per heavy atom. The Hall–Kier alpha value is -2.62. The lowest BCUT2D eigenvalue weighted by atomic mass is 9.63. The molecule has 2 N–H and O–H groups in total. The lowest BCUT2D eigenvalue weighted by Crippen LogP contribution is -2.53. The zero-order chi connectivity index (χ0) is 17.9. The van der Waals surface area contributed by atoms with Crippen LogP contribution in [0.5, 0.6) is 0 Å². The largest absolute Gasteiger partial charge is 0.481 e. The third-order valence-electron chi connectivity index (χ3n) is 5.45. The van der Waals surface area contributed by atoms with Gasteiger partial charge in [-0.1, -0.05) is 67.1 Å². The number of rotatable bonds is 6. The highest BCUT2D eigenvalue weighted by atomic mass is 16.4. The quantitative estimate of drug-likeness (QED) is 0.850. The van der Waals surface area contributed by atoms with Crippen LogP contribution in [0.2, 0.25) is 0 Å². The van der Waals surface area contributed by atoms with Gasteiger partial charge in [-0.05, 0) is 30.9 Å². The van der Waals surface area contributed by atoms with Gasteiger partial charge in [-0.15, -0.1) is 0 Å². The third-order valence-corrected chi connectivity index (χ3v) is 5.45. The molecule has 25 heavy (non-hydrogen) atoms. The third kappa shape index (κ3) is 3.04. The molecule has 1 amide bonds. The molecule has 2 aromatic rings. The average Bonchev–Trinajstić information content (AvgIpc) is 2.60. The van der Waals surface area contributed by atoms with Gasteiger partial charge in [0, 0.05) is 6.54 Å². The minimum absolute atomic E-state index is 0.0692. The summed E-state index contributed by atoms with van der Waals surface area (Å²) in [6.45, 7) is 1.72. The highest BCUT2D eigenvalue weighted by molar-refractivity contribution is 5.90. The molecule has 0 saturated heterocycles. The van der Waals surface area contributed by atoms with Gasteiger partial charge in [-0.2, -0.15) is 0 Å². The molecule has 0 bridgehead atoms. The molecule has 1 atom stereocenters. The number of hydrogen-bond donors (Lipinski definition) is 2. The molecule has 1 fully saturated rings. The number of carboxylic acids is 1. The molecule has 1 aliphatic carbocycles. The molecule has 0 radical (unpaired) electrons. The van der Waals surface area contributed by atoms with Crippen LogP contribution >= 0.6 is 0 Å². The lowest BCUT2D eigenvalue weighted by Gasteiger charge is -2.41. The molecule has 3 rings (SSSR count). The maximum atomic E-state index is 12.9. The number of aliphatic carboxylic acids is 1. The van der Waals surface area contributed by atoms with Crippen molar-refractivity contribution in [3.8, 4) is 0 Å². The van der Waals surface area contributed by atoms with Gasteiger partial charge in [0.15, 0.2) is 0 Å². The topological polar surface area (TPSA) is 66.4 Å². The second-order valence-corrected chi connectivity index (χ2v) is 6.99. The summed E-state index contributed by atoms with van der Waals surface area (Å²) in [5.41, 5.74) is 0.0243. The predicted molar refractivity (Wildman–Crippen MR) is 96.4 cm³/mol. The van der Waals surface area contributed by atoms with Crippen LogP contribution < -0.4 is 5.32 Å². The average molecular weight is 337 g/mol. The first-order valence-corrected chi connectivity index (χ1v) is 8.62. The fraction of sp³-hybridized carbons (Fsp3) is 0.333. The molecular weight excluding hydrogens is 314 g/mol. The fourth-order valence-electron chi connectivity index (χ4n) is 3.47. The van der Waals surface area contributed by atoms with Crippen molar-refractivity contribution >= 4 is 11.9 Å². The standard InChI is InChI=1S/C21H23NO3/c1-20(19(24)25,16-9-4-2-5-10-16)15-22-18(23)21(13-8-14-21)17-11-6-3-7-12-17/h2-7,9-12H,8,13-15H2,1H3,(H,22,23)(H,24,25). The van der Waals surface area contributed by atoms with E-state index in [-0.39, 0.29) is 12.5 Å². The minimum Gasteiger partial charge on any atom is -0.481 e. The van der Waals surface area contributed by atoms with E-state index >= 15 is 0 Å². The molecule has 0 heterocycles. The first-order valence-electron chi connectivity index (χ1n) is 8.62. The summed E-state index contributed by atoms with van der Waals surface area (Å²) in [6, 6.07) is 18.8. The zero-order valence-electron chi connectivity index (χ0n) is 14.4. The van der Waals surface area contributed by atoms with E-state index in [1.807, 2.05) is 48.5 Å². The van der Waals surface area contributed by atoms with Crippen LogP contribution in [0, 0.1) is 0 Å². The molecule has 2 aromatic carbocycles. The SMILES string of the molecule is CC(CNC(=O)C1(c2ccccc2)CCC1)(C(=O)O)c1ccccc1. The summed E-state index contributed by atoms with van der Waals surface area (Å²) in [7, 11) is 0. The molecular formula is C21H23NO3. The molecule has 4 nitrogen and oxygen atoms in total. The fourth-order valence-corrected chi connectivity index (χ4v) is 3.47. The summed E-state index contributed by atoms with van der Waals surface area (Å²) in [5, 5.41) is 12.7. The Balaban J connectivity index is 1.79. The van der Waals surface area contributed by atoms with Crippen LogP contribution in [0.4, 0.5) is 0 Å². The smallest absolute Gasteiger partial charge is 0.315 e. The van der Waals surface area contributed by atoms with Crippen molar-refractivity contribution in [2.45, 2.75) is 37.0 Å². The van der Waals surface area contributed by atoms with E-state index in [1.165, 1.54) is 0 Å². The van der Waals surface area contributed by atoms with Gasteiger partial charge in [-0.3, -0.25) is 9.59 Å². The van der Waals surface area contributed by atoms with E-state index < -0.39 is 16.8 Å². The molecule has 1 unspecified atom stereocenters. The molecule has 1 aliphatic rings. The summed E-state index contributed by atoms with van der Waals surface area (Å²) in [6.07, 6.45) is 2.62. The van der Waals surface area contributed by atoms with Crippen molar-refractivity contribution in [2.24, 2.45) is 0 Å². The van der Waals surface area contributed by atoms with Crippen LogP contribution in [0.1, 0.15) is 37.3 Å². The van der Waals surface area contributed by atoms with E-state index in [0.717, 1.165) is 24.8 Å². The van der Waals surface area contributed by atoms with Gasteiger partial charge in [0.1, 0.15) is 5.41 Å². The molecule has 4 heteroatoms. The Morgan fingerprint density at radius 3 is 2.08 bits per heavy atom.